The first-order chi connectivity index (χ1) is 12.2. The van der Waals surface area contributed by atoms with E-state index in [-0.39, 0.29) is 18.6 Å². The van der Waals surface area contributed by atoms with Crippen molar-refractivity contribution >= 4 is 16.8 Å². The molecule has 7 heteroatoms. The molecule has 1 saturated heterocycles. The highest BCUT2D eigenvalue weighted by Gasteiger charge is 2.32. The average molecular weight is 338 g/mol. The van der Waals surface area contributed by atoms with E-state index in [1.807, 2.05) is 30.3 Å². The fourth-order valence-electron chi connectivity index (χ4n) is 3.12. The van der Waals surface area contributed by atoms with Crippen LogP contribution in [-0.4, -0.2) is 56.4 Å². The fraction of sp³-hybridized carbons (Fsp3) is 0.278. The SMILES string of the molecule is O=C(c1cn[nH]c1)N1CC[C@@H](Oc2cccc3ncccc23)[C@H](O)C1. The predicted octanol–water partition coefficient (Wildman–Crippen LogP) is 1.61. The number of hydrogen-bond acceptors (Lipinski definition) is 5. The van der Waals surface area contributed by atoms with Gasteiger partial charge >= 0.3 is 0 Å². The number of aromatic nitrogens is 3. The topological polar surface area (TPSA) is 91.3 Å². The summed E-state index contributed by atoms with van der Waals surface area (Å²) in [6.45, 7) is 0.756. The second-order valence-electron chi connectivity index (χ2n) is 6.08. The highest BCUT2D eigenvalue weighted by molar-refractivity contribution is 5.93. The maximum absolute atomic E-state index is 12.4. The Balaban J connectivity index is 1.47. The van der Waals surface area contributed by atoms with Gasteiger partial charge in [-0.15, -0.1) is 0 Å². The number of pyridine rings is 1. The number of likely N-dealkylation sites (tertiary alicyclic amines) is 1. The number of nitrogens with zero attached hydrogens (tertiary/aromatic N) is 3. The van der Waals surface area contributed by atoms with Crippen LogP contribution < -0.4 is 4.74 Å². The molecule has 2 atom stereocenters. The number of rotatable bonds is 3. The number of carbonyl (C=O) groups excluding carboxylic acids is 1. The van der Waals surface area contributed by atoms with E-state index in [0.29, 0.717) is 24.3 Å². The van der Waals surface area contributed by atoms with Gasteiger partial charge in [0.2, 0.25) is 0 Å². The lowest BCUT2D eigenvalue weighted by atomic mass is 10.0. The Morgan fingerprint density at radius 3 is 3.04 bits per heavy atom. The number of nitrogens with one attached hydrogen (secondary N) is 1. The zero-order valence-corrected chi connectivity index (χ0v) is 13.5. The van der Waals surface area contributed by atoms with E-state index >= 15 is 0 Å². The molecule has 4 rings (SSSR count). The van der Waals surface area contributed by atoms with Gasteiger partial charge in [-0.25, -0.2) is 0 Å². The predicted molar refractivity (Wildman–Crippen MR) is 91.3 cm³/mol. The molecule has 1 aromatic carbocycles. The average Bonchev–Trinajstić information content (AvgIpc) is 3.18. The number of H-pyrrole nitrogens is 1. The molecule has 1 amide bonds. The summed E-state index contributed by atoms with van der Waals surface area (Å²) in [5.41, 5.74) is 1.34. The number of ether oxygens (including phenoxy) is 1. The third-order valence-electron chi connectivity index (χ3n) is 4.44. The lowest BCUT2D eigenvalue weighted by Gasteiger charge is -2.35. The van der Waals surface area contributed by atoms with E-state index in [1.54, 1.807) is 17.3 Å². The van der Waals surface area contributed by atoms with Crippen LogP contribution in [0.5, 0.6) is 5.75 Å². The van der Waals surface area contributed by atoms with Crippen molar-refractivity contribution in [1.29, 1.82) is 0 Å². The van der Waals surface area contributed by atoms with Crippen LogP contribution in [0.3, 0.4) is 0 Å². The third-order valence-corrected chi connectivity index (χ3v) is 4.44. The van der Waals surface area contributed by atoms with Crippen molar-refractivity contribution in [3.05, 3.63) is 54.5 Å². The summed E-state index contributed by atoms with van der Waals surface area (Å²) in [4.78, 5) is 18.3. The van der Waals surface area contributed by atoms with Crippen LogP contribution in [0.2, 0.25) is 0 Å². The first kappa shape index (κ1) is 15.6. The van der Waals surface area contributed by atoms with Crippen molar-refractivity contribution in [3.8, 4) is 5.75 Å². The Morgan fingerprint density at radius 1 is 1.32 bits per heavy atom. The largest absolute Gasteiger partial charge is 0.487 e. The van der Waals surface area contributed by atoms with Gasteiger partial charge in [0.05, 0.1) is 23.8 Å². The molecule has 0 unspecified atom stereocenters. The first-order valence-electron chi connectivity index (χ1n) is 8.19. The van der Waals surface area contributed by atoms with Gasteiger partial charge in [-0.1, -0.05) is 6.07 Å². The standard InChI is InChI=1S/C18H18N4O3/c23-15-11-22(18(24)12-9-20-21-10-12)8-6-17(15)25-16-5-1-4-14-13(16)3-2-7-19-14/h1-5,7,9-10,15,17,23H,6,8,11H2,(H,20,21)/t15-,17-/m1/s1. The number of piperidine rings is 1. The van der Waals surface area contributed by atoms with Crippen molar-refractivity contribution < 1.29 is 14.6 Å². The molecule has 2 N–H and O–H groups in total. The Kier molecular flexibility index (Phi) is 4.07. The Hall–Kier alpha value is -2.93. The number of β-amino-alcohol motifs (C(OH)–C–C–N with tert-alkyl or cyclic N) is 1. The lowest BCUT2D eigenvalue weighted by Crippen LogP contribution is -2.51. The summed E-state index contributed by atoms with van der Waals surface area (Å²) in [7, 11) is 0. The number of hydrogen-bond donors (Lipinski definition) is 2. The van der Waals surface area contributed by atoms with E-state index in [9.17, 15) is 9.90 Å². The second kappa shape index (κ2) is 6.52. The quantitative estimate of drug-likeness (QED) is 0.757. The molecule has 3 aromatic rings. The number of fused-ring (bicyclic) bond motifs is 1. The Labute approximate surface area is 144 Å². The smallest absolute Gasteiger partial charge is 0.257 e. The molecule has 0 aliphatic carbocycles. The summed E-state index contributed by atoms with van der Waals surface area (Å²) in [6.07, 6.45) is 4.22. The number of aliphatic hydroxyl groups excluding tert-OH is 1. The molecule has 0 bridgehead atoms. The van der Waals surface area contributed by atoms with Gasteiger partial charge in [-0.2, -0.15) is 5.10 Å². The van der Waals surface area contributed by atoms with Crippen LogP contribution in [0.4, 0.5) is 0 Å². The monoisotopic (exact) mass is 338 g/mol. The van der Waals surface area contributed by atoms with Gasteiger partial charge in [0.15, 0.2) is 0 Å². The molecule has 0 saturated carbocycles. The zero-order valence-electron chi connectivity index (χ0n) is 13.5. The number of carbonyl (C=O) groups is 1. The van der Waals surface area contributed by atoms with Gasteiger partial charge < -0.3 is 14.7 Å². The molecular weight excluding hydrogens is 320 g/mol. The van der Waals surface area contributed by atoms with Crippen LogP contribution in [0.15, 0.2) is 48.9 Å². The van der Waals surface area contributed by atoms with Crippen molar-refractivity contribution in [2.24, 2.45) is 0 Å². The van der Waals surface area contributed by atoms with E-state index < -0.39 is 6.10 Å². The van der Waals surface area contributed by atoms with Gasteiger partial charge in [-0.3, -0.25) is 14.9 Å². The minimum Gasteiger partial charge on any atom is -0.487 e. The summed E-state index contributed by atoms with van der Waals surface area (Å²) in [5, 5.41) is 17.8. The summed E-state index contributed by atoms with van der Waals surface area (Å²) in [6, 6.07) is 9.48. The lowest BCUT2D eigenvalue weighted by molar-refractivity contribution is -0.0193. The highest BCUT2D eigenvalue weighted by Crippen LogP contribution is 2.27. The number of benzene rings is 1. The molecule has 128 valence electrons. The Bertz CT molecular complexity index is 876. The van der Waals surface area contributed by atoms with Crippen LogP contribution in [0.25, 0.3) is 10.9 Å². The number of aromatic amines is 1. The fourth-order valence-corrected chi connectivity index (χ4v) is 3.12. The summed E-state index contributed by atoms with van der Waals surface area (Å²) < 4.78 is 6.05. The second-order valence-corrected chi connectivity index (χ2v) is 6.08. The molecule has 1 aliphatic heterocycles. The highest BCUT2D eigenvalue weighted by atomic mass is 16.5. The van der Waals surface area contributed by atoms with E-state index in [1.165, 1.54) is 6.20 Å². The van der Waals surface area contributed by atoms with Crippen LogP contribution in [-0.2, 0) is 0 Å². The summed E-state index contributed by atoms with van der Waals surface area (Å²) in [5.74, 6) is 0.560. The van der Waals surface area contributed by atoms with Crippen molar-refractivity contribution in [1.82, 2.24) is 20.1 Å². The molecular formula is C18H18N4O3. The minimum absolute atomic E-state index is 0.138. The van der Waals surface area contributed by atoms with E-state index in [0.717, 1.165) is 10.9 Å². The van der Waals surface area contributed by atoms with Crippen molar-refractivity contribution in [2.45, 2.75) is 18.6 Å². The van der Waals surface area contributed by atoms with Crippen LogP contribution in [0, 0.1) is 0 Å². The van der Waals surface area contributed by atoms with Gasteiger partial charge in [-0.05, 0) is 24.3 Å². The molecule has 0 radical (unpaired) electrons. The third kappa shape index (κ3) is 3.06. The normalized spacial score (nSPS) is 20.6. The maximum atomic E-state index is 12.4. The maximum Gasteiger partial charge on any atom is 0.257 e. The molecule has 1 aliphatic rings. The number of aliphatic hydroxyl groups is 1. The molecule has 2 aromatic heterocycles. The molecule has 25 heavy (non-hydrogen) atoms. The van der Waals surface area contributed by atoms with E-state index in [4.69, 9.17) is 4.74 Å². The van der Waals surface area contributed by atoms with Gasteiger partial charge in [0.1, 0.15) is 18.0 Å². The van der Waals surface area contributed by atoms with Crippen LogP contribution in [0.1, 0.15) is 16.8 Å². The van der Waals surface area contributed by atoms with Gasteiger partial charge in [0.25, 0.3) is 5.91 Å². The van der Waals surface area contributed by atoms with Crippen molar-refractivity contribution in [3.63, 3.8) is 0 Å². The molecule has 0 spiro atoms. The van der Waals surface area contributed by atoms with Crippen LogP contribution >= 0.6 is 0 Å². The summed E-state index contributed by atoms with van der Waals surface area (Å²) >= 11 is 0. The molecule has 7 nitrogen and oxygen atoms in total. The van der Waals surface area contributed by atoms with Gasteiger partial charge in [0, 0.05) is 30.7 Å². The Morgan fingerprint density at radius 2 is 2.24 bits per heavy atom. The molecule has 3 heterocycles. The first-order valence-corrected chi connectivity index (χ1v) is 8.19. The minimum atomic E-state index is -0.753. The number of amides is 1. The van der Waals surface area contributed by atoms with E-state index in [2.05, 4.69) is 15.2 Å². The zero-order chi connectivity index (χ0) is 17.2. The molecule has 1 fully saturated rings. The van der Waals surface area contributed by atoms with Crippen molar-refractivity contribution in [2.75, 3.05) is 13.1 Å².